The first kappa shape index (κ1) is 23.1. The number of amides is 1. The molecule has 7 heteroatoms. The number of carbonyl (C=O) groups excluding carboxylic acids is 1. The van der Waals surface area contributed by atoms with E-state index in [9.17, 15) is 4.79 Å². The van der Waals surface area contributed by atoms with E-state index in [1.165, 1.54) is 12.4 Å². The van der Waals surface area contributed by atoms with E-state index in [1.54, 1.807) is 16.8 Å². The van der Waals surface area contributed by atoms with Gasteiger partial charge in [-0.2, -0.15) is 14.6 Å². The number of hydrogen-bond donors (Lipinski definition) is 1. The second kappa shape index (κ2) is 10.3. The number of nitrogens with zero attached hydrogens (tertiary/aromatic N) is 4. The molecule has 0 aliphatic carbocycles. The number of halogens is 1. The first-order chi connectivity index (χ1) is 17.7. The topological polar surface area (TPSA) is 72.7 Å². The number of rotatable bonds is 8. The van der Waals surface area contributed by atoms with Gasteiger partial charge in [0.25, 0.3) is 12.0 Å². The first-order valence-electron chi connectivity index (χ1n) is 11.7. The van der Waals surface area contributed by atoms with Crippen LogP contribution in [0.3, 0.4) is 0 Å². The molecule has 1 amide bonds. The van der Waals surface area contributed by atoms with E-state index in [0.29, 0.717) is 24.2 Å². The third-order valence-electron chi connectivity index (χ3n) is 6.16. The van der Waals surface area contributed by atoms with Crippen LogP contribution in [0.15, 0.2) is 116 Å². The van der Waals surface area contributed by atoms with Gasteiger partial charge < -0.3 is 5.32 Å². The summed E-state index contributed by atoms with van der Waals surface area (Å²) >= 11 is 0. The van der Waals surface area contributed by atoms with Crippen molar-refractivity contribution in [2.45, 2.75) is 12.0 Å². The van der Waals surface area contributed by atoms with Crippen molar-refractivity contribution in [3.63, 3.8) is 0 Å². The minimum Gasteiger partial charge on any atom is -0.352 e. The van der Waals surface area contributed by atoms with Gasteiger partial charge in [-0.25, -0.2) is 4.98 Å². The summed E-state index contributed by atoms with van der Waals surface area (Å²) in [5, 5.41) is 10.2. The van der Waals surface area contributed by atoms with Crippen molar-refractivity contribution in [2.75, 3.05) is 6.54 Å². The lowest BCUT2D eigenvalue weighted by molar-refractivity contribution is 0.0953. The van der Waals surface area contributed by atoms with Crippen LogP contribution in [0.1, 0.15) is 32.7 Å². The highest BCUT2D eigenvalue weighted by Gasteiger charge is 2.40. The molecule has 1 N–H and O–H groups in total. The molecule has 3 aromatic carbocycles. The molecule has 5 rings (SSSR count). The lowest BCUT2D eigenvalue weighted by atomic mass is 9.76. The third-order valence-corrected chi connectivity index (χ3v) is 6.16. The number of nitrogens with one attached hydrogen (secondary N) is 1. The Balaban J connectivity index is 1.55. The molecule has 0 aliphatic rings. The fourth-order valence-electron chi connectivity index (χ4n) is 4.55. The Hall–Kier alpha value is -4.65. The van der Waals surface area contributed by atoms with Gasteiger partial charge in [-0.1, -0.05) is 91.0 Å². The molecule has 6 nitrogen and oxygen atoms in total. The lowest BCUT2D eigenvalue weighted by Crippen LogP contribution is -2.38. The fourth-order valence-corrected chi connectivity index (χ4v) is 4.55. The molecule has 0 radical (unpaired) electrons. The van der Waals surface area contributed by atoms with Crippen molar-refractivity contribution in [2.24, 2.45) is 0 Å². The molecule has 0 aliphatic heterocycles. The maximum atomic E-state index is 15.8. The summed E-state index contributed by atoms with van der Waals surface area (Å²) in [6, 6.07) is 31.2. The van der Waals surface area contributed by atoms with Gasteiger partial charge in [0, 0.05) is 19.2 Å². The number of imidazole rings is 1. The summed E-state index contributed by atoms with van der Waals surface area (Å²) in [5.74, 6) is -0.267. The summed E-state index contributed by atoms with van der Waals surface area (Å²) in [6.45, 7) is 0.298. The highest BCUT2D eigenvalue weighted by molar-refractivity contribution is 5.93. The zero-order valence-corrected chi connectivity index (χ0v) is 19.5. The van der Waals surface area contributed by atoms with Crippen LogP contribution in [-0.4, -0.2) is 32.2 Å². The Kier molecular flexibility index (Phi) is 6.62. The van der Waals surface area contributed by atoms with Gasteiger partial charge in [-0.05, 0) is 22.8 Å². The van der Waals surface area contributed by atoms with Crippen molar-refractivity contribution >= 4 is 5.91 Å². The Morgan fingerprint density at radius 2 is 1.36 bits per heavy atom. The normalized spacial score (nSPS) is 11.2. The number of hydrogen-bond acceptors (Lipinski definition) is 4. The SMILES string of the molecule is O=C(NCCc1cn(C(c2ccccc2)(c2ccccc2)c2ccccc2)c(F)n1)c1ccnnc1. The molecule has 0 spiro atoms. The average Bonchev–Trinajstić information content (AvgIpc) is 3.31. The number of carbonyl (C=O) groups is 1. The molecular formula is C29H24FN5O. The number of aromatic nitrogens is 4. The summed E-state index contributed by atoms with van der Waals surface area (Å²) in [7, 11) is 0. The monoisotopic (exact) mass is 477 g/mol. The van der Waals surface area contributed by atoms with Crippen LogP contribution in [-0.2, 0) is 12.0 Å². The summed E-state index contributed by atoms with van der Waals surface area (Å²) in [4.78, 5) is 16.6. The lowest BCUT2D eigenvalue weighted by Gasteiger charge is -2.37. The summed E-state index contributed by atoms with van der Waals surface area (Å²) < 4.78 is 17.4. The highest BCUT2D eigenvalue weighted by Crippen LogP contribution is 2.41. The van der Waals surface area contributed by atoms with Gasteiger partial charge in [-0.15, -0.1) is 0 Å². The standard InChI is InChI=1S/C29H24FN5O/c30-28-34-26(17-18-31-27(36)22-16-19-32-33-20-22)21-35(28)29(23-10-4-1-5-11-23,24-12-6-2-7-13-24)25-14-8-3-9-15-25/h1-16,19-21H,17-18H2,(H,31,36). The van der Waals surface area contributed by atoms with Gasteiger partial charge in [0.05, 0.1) is 23.7 Å². The zero-order chi connectivity index (χ0) is 24.8. The van der Waals surface area contributed by atoms with E-state index in [2.05, 4.69) is 20.5 Å². The van der Waals surface area contributed by atoms with Crippen molar-refractivity contribution in [3.05, 3.63) is 150 Å². The van der Waals surface area contributed by atoms with Crippen LogP contribution in [0.5, 0.6) is 0 Å². The smallest absolute Gasteiger partial charge is 0.290 e. The van der Waals surface area contributed by atoms with E-state index in [-0.39, 0.29) is 5.91 Å². The van der Waals surface area contributed by atoms with Crippen LogP contribution < -0.4 is 5.32 Å². The van der Waals surface area contributed by atoms with Gasteiger partial charge >= 0.3 is 0 Å². The van der Waals surface area contributed by atoms with Crippen molar-refractivity contribution in [1.82, 2.24) is 25.1 Å². The van der Waals surface area contributed by atoms with Crippen LogP contribution in [0.25, 0.3) is 0 Å². The molecule has 0 bridgehead atoms. The van der Waals surface area contributed by atoms with E-state index in [1.807, 2.05) is 91.0 Å². The Bertz CT molecular complexity index is 1330. The Morgan fingerprint density at radius 1 is 0.806 bits per heavy atom. The highest BCUT2D eigenvalue weighted by atomic mass is 19.1. The molecule has 178 valence electrons. The zero-order valence-electron chi connectivity index (χ0n) is 19.5. The molecule has 0 unspecified atom stereocenters. The van der Waals surface area contributed by atoms with Gasteiger partial charge in [0.15, 0.2) is 0 Å². The van der Waals surface area contributed by atoms with E-state index < -0.39 is 11.6 Å². The summed E-state index contributed by atoms with van der Waals surface area (Å²) in [5.41, 5.74) is 2.69. The van der Waals surface area contributed by atoms with Crippen LogP contribution in [0, 0.1) is 6.08 Å². The van der Waals surface area contributed by atoms with Crippen molar-refractivity contribution in [3.8, 4) is 0 Å². The second-order valence-corrected chi connectivity index (χ2v) is 8.32. The second-order valence-electron chi connectivity index (χ2n) is 8.32. The van der Waals surface area contributed by atoms with Gasteiger partial charge in [-0.3, -0.25) is 9.36 Å². The van der Waals surface area contributed by atoms with E-state index in [4.69, 9.17) is 0 Å². The molecule has 36 heavy (non-hydrogen) atoms. The molecule has 0 saturated heterocycles. The minimum atomic E-state index is -0.981. The predicted octanol–water partition coefficient (Wildman–Crippen LogP) is 4.62. The molecule has 5 aromatic rings. The molecular weight excluding hydrogens is 453 g/mol. The molecule has 2 heterocycles. The van der Waals surface area contributed by atoms with Gasteiger partial charge in [0.2, 0.25) is 0 Å². The van der Waals surface area contributed by atoms with Crippen LogP contribution >= 0.6 is 0 Å². The van der Waals surface area contributed by atoms with Crippen LogP contribution in [0.4, 0.5) is 4.39 Å². The van der Waals surface area contributed by atoms with Crippen molar-refractivity contribution < 1.29 is 9.18 Å². The first-order valence-corrected chi connectivity index (χ1v) is 11.7. The van der Waals surface area contributed by atoms with Crippen LogP contribution in [0.2, 0.25) is 0 Å². The average molecular weight is 478 g/mol. The molecule has 0 saturated carbocycles. The maximum Gasteiger partial charge on any atom is 0.290 e. The molecule has 0 fully saturated rings. The molecule has 0 atom stereocenters. The largest absolute Gasteiger partial charge is 0.352 e. The summed E-state index contributed by atoms with van der Waals surface area (Å²) in [6.07, 6.45) is 4.36. The molecule has 2 aromatic heterocycles. The predicted molar refractivity (Wildman–Crippen MR) is 135 cm³/mol. The van der Waals surface area contributed by atoms with Crippen molar-refractivity contribution in [1.29, 1.82) is 0 Å². The van der Waals surface area contributed by atoms with E-state index >= 15 is 4.39 Å². The number of benzene rings is 3. The Morgan fingerprint density at radius 3 is 1.86 bits per heavy atom. The maximum absolute atomic E-state index is 15.8. The van der Waals surface area contributed by atoms with Gasteiger partial charge in [0.1, 0.15) is 5.54 Å². The minimum absolute atomic E-state index is 0.267. The Labute approximate surface area is 208 Å². The quantitative estimate of drug-likeness (QED) is 0.331. The van der Waals surface area contributed by atoms with E-state index in [0.717, 1.165) is 16.7 Å². The third kappa shape index (κ3) is 4.38. The fraction of sp³-hybridized carbons (Fsp3) is 0.103.